The second-order valence-electron chi connectivity index (χ2n) is 5.65. The molecular weight excluding hydrogens is 348 g/mol. The van der Waals surface area contributed by atoms with Gasteiger partial charge in [0.15, 0.2) is 11.5 Å². The standard InChI is InChI=1S/C20H20N2O5/c1-24-13-7-12(8-14(9-13)25-2)5-6-19-21-16-11-18(27-4)17(26-3)10-15(16)20(23)22-19/h5-11H,1-4H3,(H,21,22,23)/b6-5+. The van der Waals surface area contributed by atoms with Crippen molar-refractivity contribution in [3.05, 3.63) is 52.1 Å². The van der Waals surface area contributed by atoms with Crippen LogP contribution in [0.5, 0.6) is 23.0 Å². The van der Waals surface area contributed by atoms with E-state index in [4.69, 9.17) is 18.9 Å². The van der Waals surface area contributed by atoms with E-state index in [2.05, 4.69) is 9.97 Å². The van der Waals surface area contributed by atoms with Crippen molar-refractivity contribution in [1.29, 1.82) is 0 Å². The van der Waals surface area contributed by atoms with Crippen molar-refractivity contribution in [3.63, 3.8) is 0 Å². The summed E-state index contributed by atoms with van der Waals surface area (Å²) in [5, 5.41) is 0.424. The number of aromatic nitrogens is 2. The van der Waals surface area contributed by atoms with Gasteiger partial charge in [0.05, 0.1) is 39.3 Å². The van der Waals surface area contributed by atoms with Crippen LogP contribution in [0.25, 0.3) is 23.1 Å². The average molecular weight is 368 g/mol. The Morgan fingerprint density at radius 3 is 2.04 bits per heavy atom. The fourth-order valence-electron chi connectivity index (χ4n) is 2.66. The van der Waals surface area contributed by atoms with Gasteiger partial charge in [-0.05, 0) is 29.8 Å². The van der Waals surface area contributed by atoms with E-state index < -0.39 is 0 Å². The molecule has 27 heavy (non-hydrogen) atoms. The van der Waals surface area contributed by atoms with Gasteiger partial charge in [-0.15, -0.1) is 0 Å². The van der Waals surface area contributed by atoms with Gasteiger partial charge in [-0.3, -0.25) is 4.79 Å². The summed E-state index contributed by atoms with van der Waals surface area (Å²) in [6.07, 6.45) is 3.53. The van der Waals surface area contributed by atoms with Crippen molar-refractivity contribution in [2.24, 2.45) is 0 Å². The summed E-state index contributed by atoms with van der Waals surface area (Å²) in [5.41, 5.74) is 1.10. The first-order valence-electron chi connectivity index (χ1n) is 8.15. The number of methoxy groups -OCH3 is 4. The monoisotopic (exact) mass is 368 g/mol. The number of H-pyrrole nitrogens is 1. The molecule has 0 radical (unpaired) electrons. The normalized spacial score (nSPS) is 11.0. The summed E-state index contributed by atoms with van der Waals surface area (Å²) >= 11 is 0. The van der Waals surface area contributed by atoms with E-state index in [-0.39, 0.29) is 5.56 Å². The van der Waals surface area contributed by atoms with Crippen LogP contribution in [0.4, 0.5) is 0 Å². The number of hydrogen-bond acceptors (Lipinski definition) is 6. The first-order chi connectivity index (χ1) is 13.1. The Morgan fingerprint density at radius 1 is 0.815 bits per heavy atom. The largest absolute Gasteiger partial charge is 0.497 e. The molecule has 0 unspecified atom stereocenters. The molecule has 0 fully saturated rings. The maximum atomic E-state index is 12.4. The van der Waals surface area contributed by atoms with E-state index in [9.17, 15) is 4.79 Å². The molecule has 0 aliphatic heterocycles. The molecule has 0 aliphatic rings. The van der Waals surface area contributed by atoms with Crippen molar-refractivity contribution >= 4 is 23.1 Å². The number of nitrogens with one attached hydrogen (secondary N) is 1. The van der Waals surface area contributed by atoms with E-state index in [1.807, 2.05) is 18.2 Å². The number of fused-ring (bicyclic) bond motifs is 1. The molecule has 0 saturated heterocycles. The van der Waals surface area contributed by atoms with Crippen LogP contribution in [0.3, 0.4) is 0 Å². The number of benzene rings is 2. The number of aromatic amines is 1. The molecule has 0 amide bonds. The maximum absolute atomic E-state index is 12.4. The zero-order valence-corrected chi connectivity index (χ0v) is 15.5. The van der Waals surface area contributed by atoms with Crippen molar-refractivity contribution in [1.82, 2.24) is 9.97 Å². The van der Waals surface area contributed by atoms with E-state index in [1.165, 1.54) is 14.2 Å². The summed E-state index contributed by atoms with van der Waals surface area (Å²) in [4.78, 5) is 19.6. The van der Waals surface area contributed by atoms with Gasteiger partial charge >= 0.3 is 0 Å². The van der Waals surface area contributed by atoms with Crippen LogP contribution in [0, 0.1) is 0 Å². The zero-order chi connectivity index (χ0) is 19.4. The smallest absolute Gasteiger partial charge is 0.259 e. The lowest BCUT2D eigenvalue weighted by molar-refractivity contribution is 0.355. The predicted octanol–water partition coefficient (Wildman–Crippen LogP) is 3.13. The lowest BCUT2D eigenvalue weighted by Crippen LogP contribution is -2.10. The molecule has 1 heterocycles. The Morgan fingerprint density at radius 2 is 1.44 bits per heavy atom. The highest BCUT2D eigenvalue weighted by Gasteiger charge is 2.10. The molecular formula is C20H20N2O5. The fourth-order valence-corrected chi connectivity index (χ4v) is 2.66. The van der Waals surface area contributed by atoms with Crippen molar-refractivity contribution in [2.45, 2.75) is 0 Å². The lowest BCUT2D eigenvalue weighted by atomic mass is 10.1. The van der Waals surface area contributed by atoms with Gasteiger partial charge in [-0.2, -0.15) is 0 Å². The topological polar surface area (TPSA) is 82.7 Å². The van der Waals surface area contributed by atoms with Crippen LogP contribution in [0.2, 0.25) is 0 Å². The Balaban J connectivity index is 2.02. The maximum Gasteiger partial charge on any atom is 0.259 e. The Hall–Kier alpha value is -3.48. The van der Waals surface area contributed by atoms with Crippen LogP contribution in [0.1, 0.15) is 11.4 Å². The number of rotatable bonds is 6. The quantitative estimate of drug-likeness (QED) is 0.720. The minimum atomic E-state index is -0.260. The second-order valence-corrected chi connectivity index (χ2v) is 5.65. The summed E-state index contributed by atoms with van der Waals surface area (Å²) in [7, 11) is 6.23. The molecule has 0 aliphatic carbocycles. The molecule has 3 rings (SSSR count). The van der Waals surface area contributed by atoms with Gasteiger partial charge in [0.1, 0.15) is 17.3 Å². The van der Waals surface area contributed by atoms with Crippen LogP contribution < -0.4 is 24.5 Å². The van der Waals surface area contributed by atoms with Crippen LogP contribution in [0.15, 0.2) is 35.1 Å². The van der Waals surface area contributed by atoms with E-state index >= 15 is 0 Å². The van der Waals surface area contributed by atoms with E-state index in [1.54, 1.807) is 38.5 Å². The highest BCUT2D eigenvalue weighted by Crippen LogP contribution is 2.30. The molecule has 7 nitrogen and oxygen atoms in total. The van der Waals surface area contributed by atoms with E-state index in [0.29, 0.717) is 39.7 Å². The van der Waals surface area contributed by atoms with Crippen LogP contribution in [-0.2, 0) is 0 Å². The Kier molecular flexibility index (Phi) is 5.30. The number of nitrogens with zero attached hydrogens (tertiary/aromatic N) is 1. The third-order valence-corrected chi connectivity index (χ3v) is 4.04. The molecule has 2 aromatic carbocycles. The van der Waals surface area contributed by atoms with E-state index in [0.717, 1.165) is 5.56 Å². The van der Waals surface area contributed by atoms with Gasteiger partial charge in [-0.25, -0.2) is 4.98 Å². The Bertz CT molecular complexity index is 1030. The molecule has 1 N–H and O–H groups in total. The minimum absolute atomic E-state index is 0.260. The highest BCUT2D eigenvalue weighted by molar-refractivity contribution is 5.83. The highest BCUT2D eigenvalue weighted by atomic mass is 16.5. The first-order valence-corrected chi connectivity index (χ1v) is 8.15. The summed E-state index contributed by atoms with van der Waals surface area (Å²) in [6.45, 7) is 0. The molecule has 0 spiro atoms. The molecule has 0 saturated carbocycles. The minimum Gasteiger partial charge on any atom is -0.497 e. The summed E-state index contributed by atoms with van der Waals surface area (Å²) in [5.74, 6) is 2.75. The number of hydrogen-bond donors (Lipinski definition) is 1. The molecule has 140 valence electrons. The molecule has 1 aromatic heterocycles. The lowest BCUT2D eigenvalue weighted by Gasteiger charge is -2.08. The molecule has 3 aromatic rings. The van der Waals surface area contributed by atoms with Gasteiger partial charge in [0.2, 0.25) is 0 Å². The fraction of sp³-hybridized carbons (Fsp3) is 0.200. The molecule has 7 heteroatoms. The van der Waals surface area contributed by atoms with Gasteiger partial charge in [0.25, 0.3) is 5.56 Å². The predicted molar refractivity (Wildman–Crippen MR) is 104 cm³/mol. The van der Waals surface area contributed by atoms with Crippen molar-refractivity contribution in [2.75, 3.05) is 28.4 Å². The third-order valence-electron chi connectivity index (χ3n) is 4.04. The Labute approximate surface area is 156 Å². The third kappa shape index (κ3) is 3.87. The SMILES string of the molecule is COc1cc(/C=C/c2nc3cc(OC)c(OC)cc3c(=O)[nH]2)cc(OC)c1. The van der Waals surface area contributed by atoms with Gasteiger partial charge in [-0.1, -0.05) is 6.08 Å². The zero-order valence-electron chi connectivity index (χ0n) is 15.5. The number of ether oxygens (including phenoxy) is 4. The van der Waals surface area contributed by atoms with Gasteiger partial charge in [0, 0.05) is 12.1 Å². The average Bonchev–Trinajstić information content (AvgIpc) is 2.70. The second kappa shape index (κ2) is 7.82. The molecule has 0 bridgehead atoms. The molecule has 0 atom stereocenters. The van der Waals surface area contributed by atoms with Crippen LogP contribution in [-0.4, -0.2) is 38.4 Å². The summed E-state index contributed by atoms with van der Waals surface area (Å²) < 4.78 is 21.0. The first kappa shape index (κ1) is 18.3. The van der Waals surface area contributed by atoms with Crippen molar-refractivity contribution in [3.8, 4) is 23.0 Å². The van der Waals surface area contributed by atoms with Crippen molar-refractivity contribution < 1.29 is 18.9 Å². The van der Waals surface area contributed by atoms with Crippen LogP contribution >= 0.6 is 0 Å². The summed E-state index contributed by atoms with van der Waals surface area (Å²) in [6, 6.07) is 8.78. The van der Waals surface area contributed by atoms with Gasteiger partial charge < -0.3 is 23.9 Å².